The Morgan fingerprint density at radius 2 is 1.82 bits per heavy atom. The molecule has 22 heavy (non-hydrogen) atoms. The van der Waals surface area contributed by atoms with Crippen molar-refractivity contribution in [3.8, 4) is 17.1 Å². The Morgan fingerprint density at radius 1 is 1.00 bits per heavy atom. The second-order valence-corrected chi connectivity index (χ2v) is 5.43. The van der Waals surface area contributed by atoms with E-state index in [1.807, 2.05) is 24.3 Å². The average Bonchev–Trinajstić information content (AvgIpc) is 3.17. The van der Waals surface area contributed by atoms with Gasteiger partial charge in [-0.05, 0) is 30.3 Å². The molecule has 0 aliphatic carbocycles. The molecule has 0 spiro atoms. The highest BCUT2D eigenvalue weighted by molar-refractivity contribution is 6.43. The summed E-state index contributed by atoms with van der Waals surface area (Å²) in [6, 6.07) is 11.0. The standard InChI is InChI=1S/C15H8Cl2N4O/c16-11-3-1-2-10(14(11)17)15-20-12-6-9(4-5-13(12)22-15)21-7-18-19-8-21/h1-8H. The zero-order valence-corrected chi connectivity index (χ0v) is 12.6. The number of halogens is 2. The van der Waals surface area contributed by atoms with Crippen molar-refractivity contribution in [3.63, 3.8) is 0 Å². The van der Waals surface area contributed by atoms with Crippen molar-refractivity contribution in [2.75, 3.05) is 0 Å². The van der Waals surface area contributed by atoms with E-state index in [1.54, 1.807) is 29.4 Å². The molecule has 0 amide bonds. The summed E-state index contributed by atoms with van der Waals surface area (Å²) in [5.74, 6) is 0.434. The largest absolute Gasteiger partial charge is 0.436 e. The summed E-state index contributed by atoms with van der Waals surface area (Å²) in [5.41, 5.74) is 2.95. The normalized spacial score (nSPS) is 11.2. The Bertz CT molecular complexity index is 963. The van der Waals surface area contributed by atoms with Crippen molar-refractivity contribution < 1.29 is 4.42 Å². The molecule has 5 nitrogen and oxygen atoms in total. The van der Waals surface area contributed by atoms with E-state index < -0.39 is 0 Å². The fourth-order valence-corrected chi connectivity index (χ4v) is 2.58. The Hall–Kier alpha value is -2.37. The number of benzene rings is 2. The molecule has 0 saturated carbocycles. The fraction of sp³-hybridized carbons (Fsp3) is 0. The molecule has 0 radical (unpaired) electrons. The van der Waals surface area contributed by atoms with Crippen LogP contribution in [-0.4, -0.2) is 19.7 Å². The molecule has 0 unspecified atom stereocenters. The molecule has 2 aromatic heterocycles. The minimum absolute atomic E-state index is 0.426. The van der Waals surface area contributed by atoms with Crippen LogP contribution in [0, 0.1) is 0 Å². The zero-order chi connectivity index (χ0) is 15.1. The molecule has 108 valence electrons. The van der Waals surface area contributed by atoms with Crippen LogP contribution in [0.3, 0.4) is 0 Å². The van der Waals surface area contributed by atoms with Crippen LogP contribution in [0.1, 0.15) is 0 Å². The maximum atomic E-state index is 6.22. The van der Waals surface area contributed by atoms with Gasteiger partial charge in [0.15, 0.2) is 5.58 Å². The van der Waals surface area contributed by atoms with Gasteiger partial charge in [-0.1, -0.05) is 29.3 Å². The summed E-state index contributed by atoms with van der Waals surface area (Å²) < 4.78 is 7.56. The quantitative estimate of drug-likeness (QED) is 0.547. The second kappa shape index (κ2) is 5.12. The van der Waals surface area contributed by atoms with Gasteiger partial charge in [0, 0.05) is 0 Å². The number of fused-ring (bicyclic) bond motifs is 1. The summed E-state index contributed by atoms with van der Waals surface area (Å²) in [7, 11) is 0. The van der Waals surface area contributed by atoms with Crippen LogP contribution in [0.25, 0.3) is 28.2 Å². The highest BCUT2D eigenvalue weighted by atomic mass is 35.5. The van der Waals surface area contributed by atoms with E-state index in [1.165, 1.54) is 0 Å². The zero-order valence-electron chi connectivity index (χ0n) is 11.1. The van der Waals surface area contributed by atoms with Crippen LogP contribution in [0.2, 0.25) is 10.0 Å². The summed E-state index contributed by atoms with van der Waals surface area (Å²) in [4.78, 5) is 4.49. The summed E-state index contributed by atoms with van der Waals surface area (Å²) in [5, 5.41) is 8.47. The van der Waals surface area contributed by atoms with Gasteiger partial charge in [0.25, 0.3) is 0 Å². The predicted octanol–water partition coefficient (Wildman–Crippen LogP) is 4.38. The monoisotopic (exact) mass is 330 g/mol. The summed E-state index contributed by atoms with van der Waals surface area (Å²) >= 11 is 12.3. The van der Waals surface area contributed by atoms with Crippen LogP contribution in [-0.2, 0) is 0 Å². The van der Waals surface area contributed by atoms with Crippen molar-refractivity contribution in [2.45, 2.75) is 0 Å². The van der Waals surface area contributed by atoms with Gasteiger partial charge in [-0.3, -0.25) is 4.57 Å². The number of hydrogen-bond donors (Lipinski definition) is 0. The van der Waals surface area contributed by atoms with Crippen LogP contribution < -0.4 is 0 Å². The van der Waals surface area contributed by atoms with Crippen molar-refractivity contribution in [1.29, 1.82) is 0 Å². The lowest BCUT2D eigenvalue weighted by molar-refractivity contribution is 0.620. The Kier molecular flexibility index (Phi) is 3.10. The molecule has 4 aromatic rings. The third-order valence-corrected chi connectivity index (χ3v) is 4.09. The Balaban J connectivity index is 1.86. The minimum Gasteiger partial charge on any atom is -0.436 e. The Labute approximate surface area is 135 Å². The van der Waals surface area contributed by atoms with E-state index in [4.69, 9.17) is 27.6 Å². The summed E-state index contributed by atoms with van der Waals surface area (Å²) in [6.07, 6.45) is 3.24. The highest BCUT2D eigenvalue weighted by Gasteiger charge is 2.14. The average molecular weight is 331 g/mol. The van der Waals surface area contributed by atoms with Crippen LogP contribution >= 0.6 is 23.2 Å². The van der Waals surface area contributed by atoms with Crippen molar-refractivity contribution >= 4 is 34.3 Å². The van der Waals surface area contributed by atoms with Crippen LogP contribution in [0.5, 0.6) is 0 Å². The van der Waals surface area contributed by atoms with Gasteiger partial charge >= 0.3 is 0 Å². The molecule has 0 aliphatic rings. The number of oxazole rings is 1. The molecule has 0 saturated heterocycles. The molecule has 0 fully saturated rings. The number of aromatic nitrogens is 4. The lowest BCUT2D eigenvalue weighted by Crippen LogP contribution is -1.88. The molecular weight excluding hydrogens is 323 g/mol. The van der Waals surface area contributed by atoms with Crippen molar-refractivity contribution in [1.82, 2.24) is 19.7 Å². The van der Waals surface area contributed by atoms with E-state index in [0.717, 1.165) is 11.2 Å². The number of rotatable bonds is 2. The third kappa shape index (κ3) is 2.15. The highest BCUT2D eigenvalue weighted by Crippen LogP contribution is 2.34. The van der Waals surface area contributed by atoms with Gasteiger partial charge in [0.2, 0.25) is 5.89 Å². The topological polar surface area (TPSA) is 56.7 Å². The maximum Gasteiger partial charge on any atom is 0.228 e. The third-order valence-electron chi connectivity index (χ3n) is 3.27. The molecule has 0 atom stereocenters. The van der Waals surface area contributed by atoms with Gasteiger partial charge in [-0.25, -0.2) is 4.98 Å². The molecule has 0 N–H and O–H groups in total. The van der Waals surface area contributed by atoms with E-state index in [9.17, 15) is 0 Å². The lowest BCUT2D eigenvalue weighted by Gasteiger charge is -2.00. The minimum atomic E-state index is 0.426. The predicted molar refractivity (Wildman–Crippen MR) is 84.4 cm³/mol. The van der Waals surface area contributed by atoms with E-state index >= 15 is 0 Å². The first-order valence-corrected chi connectivity index (χ1v) is 7.18. The first kappa shape index (κ1) is 13.3. The lowest BCUT2D eigenvalue weighted by atomic mass is 10.2. The smallest absolute Gasteiger partial charge is 0.228 e. The van der Waals surface area contributed by atoms with Gasteiger partial charge in [-0.15, -0.1) is 10.2 Å². The van der Waals surface area contributed by atoms with Crippen LogP contribution in [0.15, 0.2) is 53.5 Å². The molecule has 2 aromatic carbocycles. The molecule has 2 heterocycles. The van der Waals surface area contributed by atoms with Gasteiger partial charge in [-0.2, -0.15) is 0 Å². The van der Waals surface area contributed by atoms with E-state index in [0.29, 0.717) is 27.1 Å². The molecule has 0 bridgehead atoms. The second-order valence-electron chi connectivity index (χ2n) is 4.64. The number of hydrogen-bond acceptors (Lipinski definition) is 4. The van der Waals surface area contributed by atoms with Crippen LogP contribution in [0.4, 0.5) is 0 Å². The van der Waals surface area contributed by atoms with E-state index in [-0.39, 0.29) is 0 Å². The first-order chi connectivity index (χ1) is 10.7. The molecular formula is C15H8Cl2N4O. The molecule has 7 heteroatoms. The first-order valence-electron chi connectivity index (χ1n) is 6.42. The van der Waals surface area contributed by atoms with E-state index in [2.05, 4.69) is 15.2 Å². The Morgan fingerprint density at radius 3 is 2.64 bits per heavy atom. The van der Waals surface area contributed by atoms with Crippen molar-refractivity contribution in [2.24, 2.45) is 0 Å². The maximum absolute atomic E-state index is 6.22. The molecule has 0 aliphatic heterocycles. The number of nitrogens with zero attached hydrogens (tertiary/aromatic N) is 4. The summed E-state index contributed by atoms with van der Waals surface area (Å²) in [6.45, 7) is 0. The fourth-order valence-electron chi connectivity index (χ4n) is 2.19. The van der Waals surface area contributed by atoms with Crippen molar-refractivity contribution in [3.05, 3.63) is 59.1 Å². The van der Waals surface area contributed by atoms with Gasteiger partial charge < -0.3 is 4.42 Å². The van der Waals surface area contributed by atoms with Gasteiger partial charge in [0.1, 0.15) is 18.2 Å². The van der Waals surface area contributed by atoms with Gasteiger partial charge in [0.05, 0.1) is 21.3 Å². The molecule has 4 rings (SSSR count). The SMILES string of the molecule is Clc1cccc(-c2nc3cc(-n4cnnc4)ccc3o2)c1Cl.